The van der Waals surface area contributed by atoms with Crippen molar-refractivity contribution in [2.75, 3.05) is 16.4 Å². The number of hydrogen-bond donors (Lipinski definition) is 2. The van der Waals surface area contributed by atoms with Crippen molar-refractivity contribution in [1.29, 1.82) is 0 Å². The molecule has 1 atom stereocenters. The van der Waals surface area contributed by atoms with E-state index in [9.17, 15) is 4.79 Å². The van der Waals surface area contributed by atoms with Crippen LogP contribution in [0.2, 0.25) is 0 Å². The van der Waals surface area contributed by atoms with Crippen LogP contribution < -0.4 is 15.4 Å². The minimum absolute atomic E-state index is 0.115. The number of nitrogens with one attached hydrogen (secondary N) is 2. The number of fused-ring (bicyclic) bond motifs is 1. The van der Waals surface area contributed by atoms with E-state index in [4.69, 9.17) is 14.8 Å². The number of aryl methyl sites for hydroxylation is 1. The van der Waals surface area contributed by atoms with Crippen LogP contribution in [-0.2, 0) is 16.8 Å². The van der Waals surface area contributed by atoms with Crippen molar-refractivity contribution in [3.8, 4) is 5.75 Å². The summed E-state index contributed by atoms with van der Waals surface area (Å²) < 4.78 is 7.98. The lowest BCUT2D eigenvalue weighted by atomic mass is 9.87. The number of aromatic nitrogens is 3. The average molecular weight is 610 g/mol. The largest absolute Gasteiger partial charge is 0.489 e. The zero-order valence-corrected chi connectivity index (χ0v) is 27.6. The number of carbonyl (C=O) groups excluding carboxylic acids is 1. The topological polar surface area (TPSA) is 81.1 Å². The number of unbranched alkanes of at least 4 members (excludes halogenated alkanes) is 1. The molecule has 0 bridgehead atoms. The number of allylic oxidation sites excluding steroid dienone is 1. The Morgan fingerprint density at radius 3 is 2.43 bits per heavy atom. The van der Waals surface area contributed by atoms with Crippen molar-refractivity contribution in [3.63, 3.8) is 0 Å². The Kier molecular flexibility index (Phi) is 9.49. The van der Waals surface area contributed by atoms with E-state index >= 15 is 0 Å². The smallest absolute Gasteiger partial charge is 0.255 e. The summed E-state index contributed by atoms with van der Waals surface area (Å²) >= 11 is 1.64. The molecule has 0 aliphatic carbocycles. The van der Waals surface area contributed by atoms with Crippen LogP contribution in [0.15, 0.2) is 83.2 Å². The lowest BCUT2D eigenvalue weighted by Crippen LogP contribution is -2.31. The van der Waals surface area contributed by atoms with Crippen LogP contribution in [0.1, 0.15) is 81.3 Å². The highest BCUT2D eigenvalue weighted by atomic mass is 32.2. The quantitative estimate of drug-likeness (QED) is 0.138. The van der Waals surface area contributed by atoms with E-state index in [-0.39, 0.29) is 11.3 Å². The number of rotatable bonds is 10. The molecule has 1 aliphatic heterocycles. The molecule has 44 heavy (non-hydrogen) atoms. The molecule has 1 aromatic heterocycles. The minimum atomic E-state index is -0.455. The lowest BCUT2D eigenvalue weighted by Gasteiger charge is -2.29. The molecule has 1 aliphatic rings. The molecule has 2 N–H and O–H groups in total. The third kappa shape index (κ3) is 7.02. The van der Waals surface area contributed by atoms with E-state index < -0.39 is 6.04 Å². The van der Waals surface area contributed by atoms with Crippen molar-refractivity contribution in [1.82, 2.24) is 14.8 Å². The average Bonchev–Trinajstić information content (AvgIpc) is 3.40. The lowest BCUT2D eigenvalue weighted by molar-refractivity contribution is -0.113. The van der Waals surface area contributed by atoms with Gasteiger partial charge in [0.15, 0.2) is 0 Å². The van der Waals surface area contributed by atoms with E-state index in [2.05, 4.69) is 62.6 Å². The highest BCUT2D eigenvalue weighted by Crippen LogP contribution is 2.37. The number of amides is 1. The molecule has 1 unspecified atom stereocenters. The molecular weight excluding hydrogens is 566 g/mol. The Bertz CT molecular complexity index is 1650. The molecule has 3 aromatic carbocycles. The summed E-state index contributed by atoms with van der Waals surface area (Å²) in [4.78, 5) is 18.7. The van der Waals surface area contributed by atoms with Crippen molar-refractivity contribution >= 4 is 29.3 Å². The molecule has 230 valence electrons. The Labute approximate surface area is 265 Å². The first-order valence-corrected chi connectivity index (χ1v) is 16.3. The van der Waals surface area contributed by atoms with Gasteiger partial charge in [-0.1, -0.05) is 94.4 Å². The summed E-state index contributed by atoms with van der Waals surface area (Å²) in [5, 5.41) is 12.1. The molecule has 2 heterocycles. The van der Waals surface area contributed by atoms with Gasteiger partial charge >= 0.3 is 0 Å². The van der Waals surface area contributed by atoms with Crippen LogP contribution in [0.4, 0.5) is 11.6 Å². The summed E-state index contributed by atoms with van der Waals surface area (Å²) in [7, 11) is 0. The van der Waals surface area contributed by atoms with Crippen molar-refractivity contribution in [2.45, 2.75) is 84.5 Å². The van der Waals surface area contributed by atoms with Gasteiger partial charge in [0.2, 0.25) is 11.1 Å². The van der Waals surface area contributed by atoms with Crippen LogP contribution >= 0.6 is 11.8 Å². The fraction of sp³-hybridized carbons (Fsp3) is 0.361. The highest BCUT2D eigenvalue weighted by molar-refractivity contribution is 7.99. The van der Waals surface area contributed by atoms with Crippen LogP contribution in [0.5, 0.6) is 5.75 Å². The van der Waals surface area contributed by atoms with Crippen LogP contribution in [0, 0.1) is 13.8 Å². The third-order valence-electron chi connectivity index (χ3n) is 8.08. The first kappa shape index (κ1) is 31.4. The Morgan fingerprint density at radius 1 is 1.02 bits per heavy atom. The molecule has 7 nitrogen and oxygen atoms in total. The SMILES string of the molecule is CCCCSc1nc2n(n1)C(c1ccc(OCc3ccc(C(C)(C)C)cc3)cc1)C(C(=O)Nc1cccc(C)c1C)=C(C)N2. The summed E-state index contributed by atoms with van der Waals surface area (Å²) in [6.45, 7) is 15.3. The van der Waals surface area contributed by atoms with Gasteiger partial charge < -0.3 is 15.4 Å². The first-order valence-electron chi connectivity index (χ1n) is 15.3. The Morgan fingerprint density at radius 2 is 1.75 bits per heavy atom. The van der Waals surface area contributed by atoms with Gasteiger partial charge in [-0.05, 0) is 78.6 Å². The monoisotopic (exact) mass is 609 g/mol. The first-order chi connectivity index (χ1) is 21.0. The number of ether oxygens (including phenoxy) is 1. The van der Waals surface area contributed by atoms with E-state index in [1.807, 2.05) is 67.9 Å². The van der Waals surface area contributed by atoms with Gasteiger partial charge in [-0.3, -0.25) is 4.79 Å². The van der Waals surface area contributed by atoms with Crippen LogP contribution in [-0.4, -0.2) is 26.4 Å². The second-order valence-electron chi connectivity index (χ2n) is 12.4. The Balaban J connectivity index is 1.41. The van der Waals surface area contributed by atoms with E-state index in [1.54, 1.807) is 11.8 Å². The van der Waals surface area contributed by atoms with Gasteiger partial charge in [-0.2, -0.15) is 4.98 Å². The van der Waals surface area contributed by atoms with E-state index in [0.29, 0.717) is 23.3 Å². The molecule has 0 saturated heterocycles. The maximum Gasteiger partial charge on any atom is 0.255 e. The van der Waals surface area contributed by atoms with E-state index in [0.717, 1.165) is 58.0 Å². The molecule has 0 spiro atoms. The predicted octanol–water partition coefficient (Wildman–Crippen LogP) is 8.59. The van der Waals surface area contributed by atoms with Crippen molar-refractivity contribution in [2.24, 2.45) is 0 Å². The second-order valence-corrected chi connectivity index (χ2v) is 13.5. The number of nitrogens with zero attached hydrogens (tertiary/aromatic N) is 3. The third-order valence-corrected chi connectivity index (χ3v) is 9.00. The fourth-order valence-corrected chi connectivity index (χ4v) is 6.11. The number of benzene rings is 3. The summed E-state index contributed by atoms with van der Waals surface area (Å²) in [5.41, 5.74) is 7.78. The number of hydrogen-bond acceptors (Lipinski definition) is 6. The van der Waals surface area contributed by atoms with Gasteiger partial charge in [0.1, 0.15) is 18.4 Å². The predicted molar refractivity (Wildman–Crippen MR) is 181 cm³/mol. The fourth-order valence-electron chi connectivity index (χ4n) is 5.19. The molecular formula is C36H43N5O2S. The standard InChI is InChI=1S/C36H43N5O2S/c1-8-9-21-44-35-39-34-37-25(4)31(33(42)38-30-12-10-11-23(2)24(30)3)32(41(34)40-35)27-15-19-29(20-16-27)43-22-26-13-17-28(18-14-26)36(5,6)7/h10-20,32H,8-9,21-22H2,1-7H3,(H,38,42)(H,37,39,40). The van der Waals surface area contributed by atoms with Crippen molar-refractivity contribution in [3.05, 3.63) is 106 Å². The normalized spacial score (nSPS) is 14.7. The van der Waals surface area contributed by atoms with Gasteiger partial charge in [-0.15, -0.1) is 5.10 Å². The molecule has 1 amide bonds. The number of anilines is 2. The second kappa shape index (κ2) is 13.3. The maximum atomic E-state index is 14.0. The van der Waals surface area contributed by atoms with Gasteiger partial charge in [-0.25, -0.2) is 4.68 Å². The van der Waals surface area contributed by atoms with Crippen molar-refractivity contribution < 1.29 is 9.53 Å². The molecule has 0 saturated carbocycles. The summed E-state index contributed by atoms with van der Waals surface area (Å²) in [6.07, 6.45) is 2.20. The minimum Gasteiger partial charge on any atom is -0.489 e. The zero-order valence-electron chi connectivity index (χ0n) is 26.8. The molecule has 8 heteroatoms. The molecule has 4 aromatic rings. The van der Waals surface area contributed by atoms with Gasteiger partial charge in [0, 0.05) is 17.1 Å². The highest BCUT2D eigenvalue weighted by Gasteiger charge is 2.34. The number of thioether (sulfide) groups is 1. The zero-order chi connectivity index (χ0) is 31.4. The summed E-state index contributed by atoms with van der Waals surface area (Å²) in [6, 6.07) is 22.0. The summed E-state index contributed by atoms with van der Waals surface area (Å²) in [5.74, 6) is 2.17. The Hall–Kier alpha value is -4.04. The maximum absolute atomic E-state index is 14.0. The van der Waals surface area contributed by atoms with Crippen LogP contribution in [0.3, 0.4) is 0 Å². The van der Waals surface area contributed by atoms with Crippen LogP contribution in [0.25, 0.3) is 0 Å². The number of carbonyl (C=O) groups is 1. The molecule has 5 rings (SSSR count). The van der Waals surface area contributed by atoms with E-state index in [1.165, 1.54) is 5.56 Å². The van der Waals surface area contributed by atoms with Gasteiger partial charge in [0.05, 0.1) is 5.57 Å². The van der Waals surface area contributed by atoms with Gasteiger partial charge in [0.25, 0.3) is 5.91 Å². The molecule has 0 radical (unpaired) electrons. The molecule has 0 fully saturated rings.